The number of para-hydroxylation sites is 1. The maximum Gasteiger partial charge on any atom is 0.256 e. The first-order chi connectivity index (χ1) is 13.1. The number of piperazine rings is 1. The Hall–Kier alpha value is -2.34. The molecule has 6 heteroatoms. The number of hydrogen-bond acceptors (Lipinski definition) is 3. The van der Waals surface area contributed by atoms with Gasteiger partial charge in [-0.15, -0.1) is 0 Å². The highest BCUT2D eigenvalue weighted by molar-refractivity contribution is 6.08. The number of nitrogens with one attached hydrogen (secondary N) is 1. The molecule has 0 unspecified atom stereocenters. The molecular formula is C21H28N4O2. The van der Waals surface area contributed by atoms with Crippen LogP contribution in [-0.4, -0.2) is 77.3 Å². The zero-order chi connectivity index (χ0) is 18.8. The summed E-state index contributed by atoms with van der Waals surface area (Å²) in [5.41, 5.74) is 2.71. The second-order valence-electron chi connectivity index (χ2n) is 7.68. The van der Waals surface area contributed by atoms with Gasteiger partial charge in [-0.05, 0) is 32.3 Å². The fourth-order valence-electron chi connectivity index (χ4n) is 4.25. The lowest BCUT2D eigenvalue weighted by Gasteiger charge is -2.36. The number of likely N-dealkylation sites (tertiary alicyclic amines) is 1. The second-order valence-corrected chi connectivity index (χ2v) is 7.68. The Labute approximate surface area is 160 Å². The highest BCUT2D eigenvalue weighted by Gasteiger charge is 2.27. The lowest BCUT2D eigenvalue weighted by atomic mass is 10.1. The van der Waals surface area contributed by atoms with Crippen molar-refractivity contribution in [2.24, 2.45) is 0 Å². The predicted octanol–water partition coefficient (Wildman–Crippen LogP) is 2.25. The Morgan fingerprint density at radius 1 is 0.926 bits per heavy atom. The van der Waals surface area contributed by atoms with Gasteiger partial charge in [0.1, 0.15) is 0 Å². The zero-order valence-corrected chi connectivity index (χ0v) is 16.0. The Kier molecular flexibility index (Phi) is 5.16. The third-order valence-electron chi connectivity index (χ3n) is 5.83. The highest BCUT2D eigenvalue weighted by atomic mass is 16.2. The molecule has 0 spiro atoms. The van der Waals surface area contributed by atoms with Crippen LogP contribution in [0, 0.1) is 6.92 Å². The molecule has 0 atom stereocenters. The number of aryl methyl sites for hydroxylation is 1. The molecule has 2 aromatic rings. The summed E-state index contributed by atoms with van der Waals surface area (Å²) in [6.45, 7) is 7.10. The van der Waals surface area contributed by atoms with Crippen LogP contribution in [0.2, 0.25) is 0 Å². The number of hydrogen-bond donors (Lipinski definition) is 1. The quantitative estimate of drug-likeness (QED) is 0.904. The van der Waals surface area contributed by atoms with Crippen molar-refractivity contribution in [3.63, 3.8) is 0 Å². The number of nitrogens with zero attached hydrogens (tertiary/aromatic N) is 3. The topological polar surface area (TPSA) is 59.7 Å². The molecule has 0 aliphatic carbocycles. The van der Waals surface area contributed by atoms with E-state index in [9.17, 15) is 9.59 Å². The van der Waals surface area contributed by atoms with Crippen molar-refractivity contribution < 1.29 is 9.59 Å². The fourth-order valence-corrected chi connectivity index (χ4v) is 4.25. The summed E-state index contributed by atoms with van der Waals surface area (Å²) in [4.78, 5) is 35.0. The minimum absolute atomic E-state index is 0.0898. The normalized spacial score (nSPS) is 18.9. The molecule has 2 aliphatic rings. The number of carbonyl (C=O) groups is 2. The number of amides is 2. The van der Waals surface area contributed by atoms with Gasteiger partial charge in [0.2, 0.25) is 5.91 Å². The smallest absolute Gasteiger partial charge is 0.256 e. The summed E-state index contributed by atoms with van der Waals surface area (Å²) in [6.07, 6.45) is 3.48. The molecular weight excluding hydrogens is 340 g/mol. The average molecular weight is 368 g/mol. The van der Waals surface area contributed by atoms with Gasteiger partial charge in [-0.2, -0.15) is 0 Å². The third-order valence-corrected chi connectivity index (χ3v) is 5.83. The van der Waals surface area contributed by atoms with Crippen molar-refractivity contribution in [2.45, 2.75) is 26.2 Å². The molecule has 3 heterocycles. The Bertz CT molecular complexity index is 830. The van der Waals surface area contributed by atoms with Crippen molar-refractivity contribution in [3.8, 4) is 0 Å². The number of aromatic amines is 1. The Morgan fingerprint density at radius 2 is 1.63 bits per heavy atom. The maximum absolute atomic E-state index is 13.1. The van der Waals surface area contributed by atoms with E-state index >= 15 is 0 Å². The Balaban J connectivity index is 1.36. The standard InChI is InChI=1S/C21H28N4O2/c1-16-20(17-7-3-4-8-18(17)22-16)21(27)25-13-11-23(12-14-25)15-19(26)24-9-5-2-6-10-24/h3-4,7-8,22H,2,5-6,9-15H2,1H3. The van der Waals surface area contributed by atoms with Gasteiger partial charge >= 0.3 is 0 Å². The molecule has 2 aliphatic heterocycles. The SMILES string of the molecule is Cc1[nH]c2ccccc2c1C(=O)N1CCN(CC(=O)N2CCCCC2)CC1. The maximum atomic E-state index is 13.1. The van der Waals surface area contributed by atoms with Gasteiger partial charge in [-0.3, -0.25) is 14.5 Å². The third kappa shape index (κ3) is 3.72. The number of aromatic nitrogens is 1. The van der Waals surface area contributed by atoms with E-state index in [1.165, 1.54) is 6.42 Å². The van der Waals surface area contributed by atoms with Gasteiger partial charge in [-0.1, -0.05) is 18.2 Å². The first-order valence-corrected chi connectivity index (χ1v) is 10.00. The van der Waals surface area contributed by atoms with Gasteiger partial charge in [-0.25, -0.2) is 0 Å². The zero-order valence-electron chi connectivity index (χ0n) is 16.0. The van der Waals surface area contributed by atoms with Crippen molar-refractivity contribution in [3.05, 3.63) is 35.5 Å². The van der Waals surface area contributed by atoms with Crippen molar-refractivity contribution >= 4 is 22.7 Å². The number of rotatable bonds is 3. The summed E-state index contributed by atoms with van der Waals surface area (Å²) in [5, 5.41) is 0.989. The molecule has 1 N–H and O–H groups in total. The monoisotopic (exact) mass is 368 g/mol. The number of benzene rings is 1. The van der Waals surface area contributed by atoms with E-state index in [0.717, 1.165) is 61.2 Å². The van der Waals surface area contributed by atoms with Gasteiger partial charge in [0.25, 0.3) is 5.91 Å². The van der Waals surface area contributed by atoms with Gasteiger partial charge < -0.3 is 14.8 Å². The minimum atomic E-state index is 0.0898. The van der Waals surface area contributed by atoms with Crippen molar-refractivity contribution in [2.75, 3.05) is 45.8 Å². The largest absolute Gasteiger partial charge is 0.358 e. The number of fused-ring (bicyclic) bond motifs is 1. The van der Waals surface area contributed by atoms with Gasteiger partial charge in [0.15, 0.2) is 0 Å². The van der Waals surface area contributed by atoms with E-state index < -0.39 is 0 Å². The van der Waals surface area contributed by atoms with Crippen LogP contribution in [0.15, 0.2) is 24.3 Å². The van der Waals surface area contributed by atoms with E-state index in [2.05, 4.69) is 9.88 Å². The van der Waals surface area contributed by atoms with E-state index in [0.29, 0.717) is 19.6 Å². The summed E-state index contributed by atoms with van der Waals surface area (Å²) < 4.78 is 0. The second kappa shape index (κ2) is 7.72. The summed E-state index contributed by atoms with van der Waals surface area (Å²) >= 11 is 0. The molecule has 0 radical (unpaired) electrons. The first kappa shape index (κ1) is 18.0. The van der Waals surface area contributed by atoms with Crippen LogP contribution >= 0.6 is 0 Å². The lowest BCUT2D eigenvalue weighted by molar-refractivity contribution is -0.133. The summed E-state index contributed by atoms with van der Waals surface area (Å²) in [6, 6.07) is 7.95. The summed E-state index contributed by atoms with van der Waals surface area (Å²) in [7, 11) is 0. The minimum Gasteiger partial charge on any atom is -0.358 e. The van der Waals surface area contributed by atoms with Gasteiger partial charge in [0, 0.05) is 55.9 Å². The molecule has 2 amide bonds. The van der Waals surface area contributed by atoms with E-state index in [4.69, 9.17) is 0 Å². The van der Waals surface area contributed by atoms with Crippen LogP contribution in [0.3, 0.4) is 0 Å². The molecule has 2 fully saturated rings. The first-order valence-electron chi connectivity index (χ1n) is 10.00. The fraction of sp³-hybridized carbons (Fsp3) is 0.524. The molecule has 6 nitrogen and oxygen atoms in total. The van der Waals surface area contributed by atoms with E-state index in [1.54, 1.807) is 0 Å². The van der Waals surface area contributed by atoms with Crippen LogP contribution < -0.4 is 0 Å². The molecule has 2 saturated heterocycles. The van der Waals surface area contributed by atoms with Crippen LogP contribution in [-0.2, 0) is 4.79 Å². The Morgan fingerprint density at radius 3 is 2.37 bits per heavy atom. The molecule has 27 heavy (non-hydrogen) atoms. The van der Waals surface area contributed by atoms with Crippen LogP contribution in [0.1, 0.15) is 35.3 Å². The van der Waals surface area contributed by atoms with Crippen LogP contribution in [0.5, 0.6) is 0 Å². The van der Waals surface area contributed by atoms with Crippen LogP contribution in [0.4, 0.5) is 0 Å². The average Bonchev–Trinajstić information content (AvgIpc) is 3.04. The molecule has 4 rings (SSSR count). The predicted molar refractivity (Wildman–Crippen MR) is 106 cm³/mol. The molecule has 1 aromatic carbocycles. The van der Waals surface area contributed by atoms with E-state index in [1.807, 2.05) is 41.0 Å². The molecule has 1 aromatic heterocycles. The van der Waals surface area contributed by atoms with E-state index in [-0.39, 0.29) is 11.8 Å². The van der Waals surface area contributed by atoms with Crippen molar-refractivity contribution in [1.82, 2.24) is 19.7 Å². The summed E-state index contributed by atoms with van der Waals surface area (Å²) in [5.74, 6) is 0.328. The molecule has 0 bridgehead atoms. The molecule has 0 saturated carbocycles. The molecule has 144 valence electrons. The highest BCUT2D eigenvalue weighted by Crippen LogP contribution is 2.24. The van der Waals surface area contributed by atoms with Gasteiger partial charge in [0.05, 0.1) is 12.1 Å². The number of piperidine rings is 1. The van der Waals surface area contributed by atoms with Crippen molar-refractivity contribution in [1.29, 1.82) is 0 Å². The number of carbonyl (C=O) groups excluding carboxylic acids is 2. The lowest BCUT2D eigenvalue weighted by Crippen LogP contribution is -2.52. The number of H-pyrrole nitrogens is 1. The van der Waals surface area contributed by atoms with Crippen LogP contribution in [0.25, 0.3) is 10.9 Å².